The molecule has 50 valence electrons. The standard InChI is InChI=1S/C6H7ClO2/c7-6(9)4-2-1-3-5(6)8/h1-5,8-9H/t5-,6+/m0/s1. The smallest absolute Gasteiger partial charge is 0.187 e. The molecule has 0 bridgehead atoms. The molecule has 0 heterocycles. The lowest BCUT2D eigenvalue weighted by Gasteiger charge is -2.22. The Morgan fingerprint density at radius 2 is 2.11 bits per heavy atom. The summed E-state index contributed by atoms with van der Waals surface area (Å²) >= 11 is 5.39. The number of aliphatic hydroxyl groups excluding tert-OH is 1. The molecule has 2 nitrogen and oxygen atoms in total. The second kappa shape index (κ2) is 2.14. The minimum atomic E-state index is -1.60. The van der Waals surface area contributed by atoms with Crippen LogP contribution in [-0.2, 0) is 0 Å². The summed E-state index contributed by atoms with van der Waals surface area (Å²) in [7, 11) is 0. The molecule has 0 aromatic heterocycles. The predicted octanol–water partition coefficient (Wildman–Crippen LogP) is 0.401. The summed E-state index contributed by atoms with van der Waals surface area (Å²) in [6.07, 6.45) is 4.97. The monoisotopic (exact) mass is 146 g/mol. The van der Waals surface area contributed by atoms with Crippen molar-refractivity contribution >= 4 is 11.6 Å². The van der Waals surface area contributed by atoms with E-state index >= 15 is 0 Å². The molecule has 2 N–H and O–H groups in total. The van der Waals surface area contributed by atoms with Gasteiger partial charge in [0.25, 0.3) is 0 Å². The first-order valence-corrected chi connectivity index (χ1v) is 2.96. The molecular formula is C6H7ClO2. The van der Waals surface area contributed by atoms with E-state index in [-0.39, 0.29) is 0 Å². The van der Waals surface area contributed by atoms with Gasteiger partial charge in [-0.15, -0.1) is 0 Å². The molecule has 0 saturated heterocycles. The van der Waals surface area contributed by atoms with E-state index in [1.54, 1.807) is 12.2 Å². The second-order valence-electron chi connectivity index (χ2n) is 1.92. The number of halogens is 1. The van der Waals surface area contributed by atoms with Crippen molar-refractivity contribution in [1.29, 1.82) is 0 Å². The van der Waals surface area contributed by atoms with E-state index in [0.29, 0.717) is 0 Å². The number of alkyl halides is 1. The van der Waals surface area contributed by atoms with Crippen LogP contribution in [0.5, 0.6) is 0 Å². The molecule has 0 aromatic rings. The number of allylic oxidation sites excluding steroid dienone is 2. The summed E-state index contributed by atoms with van der Waals surface area (Å²) in [5.74, 6) is 0. The fourth-order valence-corrected chi connectivity index (χ4v) is 0.739. The van der Waals surface area contributed by atoms with Crippen molar-refractivity contribution in [2.75, 3.05) is 0 Å². The third-order valence-corrected chi connectivity index (χ3v) is 1.50. The van der Waals surface area contributed by atoms with Gasteiger partial charge in [0.05, 0.1) is 0 Å². The largest absolute Gasteiger partial charge is 0.384 e. The normalized spacial score (nSPS) is 41.4. The van der Waals surface area contributed by atoms with E-state index in [9.17, 15) is 0 Å². The van der Waals surface area contributed by atoms with Crippen molar-refractivity contribution < 1.29 is 10.2 Å². The third kappa shape index (κ3) is 1.33. The number of hydrogen-bond acceptors (Lipinski definition) is 2. The molecule has 3 heteroatoms. The van der Waals surface area contributed by atoms with Gasteiger partial charge in [-0.2, -0.15) is 0 Å². The van der Waals surface area contributed by atoms with Crippen molar-refractivity contribution in [2.45, 2.75) is 11.2 Å². The zero-order valence-electron chi connectivity index (χ0n) is 4.66. The molecule has 2 atom stereocenters. The molecule has 0 aromatic carbocycles. The first-order valence-electron chi connectivity index (χ1n) is 2.58. The molecule has 0 saturated carbocycles. The molecule has 0 radical (unpaired) electrons. The molecule has 0 amide bonds. The van der Waals surface area contributed by atoms with E-state index in [0.717, 1.165) is 0 Å². The minimum absolute atomic E-state index is 0.996. The molecule has 0 aliphatic heterocycles. The molecule has 0 unspecified atom stereocenters. The lowest BCUT2D eigenvalue weighted by Crippen LogP contribution is -2.33. The average Bonchev–Trinajstić information content (AvgIpc) is 1.77. The van der Waals surface area contributed by atoms with Crippen LogP contribution in [0.1, 0.15) is 0 Å². The molecular weight excluding hydrogens is 140 g/mol. The first kappa shape index (κ1) is 6.81. The van der Waals surface area contributed by atoms with Crippen LogP contribution in [0.2, 0.25) is 0 Å². The zero-order valence-corrected chi connectivity index (χ0v) is 5.42. The second-order valence-corrected chi connectivity index (χ2v) is 2.52. The quantitative estimate of drug-likeness (QED) is 0.486. The van der Waals surface area contributed by atoms with E-state index in [4.69, 9.17) is 21.8 Å². The van der Waals surface area contributed by atoms with Crippen LogP contribution in [0.4, 0.5) is 0 Å². The van der Waals surface area contributed by atoms with Gasteiger partial charge < -0.3 is 10.2 Å². The summed E-state index contributed by atoms with van der Waals surface area (Å²) < 4.78 is 0. The van der Waals surface area contributed by atoms with E-state index in [2.05, 4.69) is 0 Å². The van der Waals surface area contributed by atoms with Crippen LogP contribution in [0.25, 0.3) is 0 Å². The number of rotatable bonds is 0. The molecule has 1 rings (SSSR count). The van der Waals surface area contributed by atoms with E-state index < -0.39 is 11.2 Å². The zero-order chi connectivity index (χ0) is 6.91. The minimum Gasteiger partial charge on any atom is -0.384 e. The number of aliphatic hydroxyl groups is 2. The first-order chi connectivity index (χ1) is 4.13. The van der Waals surface area contributed by atoms with Gasteiger partial charge >= 0.3 is 0 Å². The Hall–Kier alpha value is -0.310. The summed E-state index contributed by atoms with van der Waals surface area (Å²) in [5, 5.41) is 16.3. The molecule has 0 fully saturated rings. The third-order valence-electron chi connectivity index (χ3n) is 1.15. The van der Waals surface area contributed by atoms with Gasteiger partial charge in [-0.05, 0) is 6.08 Å². The van der Waals surface area contributed by atoms with Gasteiger partial charge in [0.2, 0.25) is 0 Å². The van der Waals surface area contributed by atoms with Crippen LogP contribution in [-0.4, -0.2) is 21.4 Å². The van der Waals surface area contributed by atoms with Gasteiger partial charge in [-0.3, -0.25) is 0 Å². The summed E-state index contributed by atoms with van der Waals surface area (Å²) in [4.78, 5) is 0. The van der Waals surface area contributed by atoms with Crippen molar-refractivity contribution in [3.8, 4) is 0 Å². The van der Waals surface area contributed by atoms with Crippen molar-refractivity contribution in [1.82, 2.24) is 0 Å². The lowest BCUT2D eigenvalue weighted by molar-refractivity contribution is 0.0478. The maximum atomic E-state index is 9.02. The molecule has 1 aliphatic rings. The SMILES string of the molecule is O[C@H]1C=CC=C[C@]1(O)Cl. The Bertz CT molecular complexity index is 160. The van der Waals surface area contributed by atoms with Crippen LogP contribution in [0, 0.1) is 0 Å². The van der Waals surface area contributed by atoms with Gasteiger partial charge in [0, 0.05) is 0 Å². The summed E-state index contributed by atoms with van der Waals surface area (Å²) in [6, 6.07) is 0. The molecule has 9 heavy (non-hydrogen) atoms. The van der Waals surface area contributed by atoms with Gasteiger partial charge in [0.15, 0.2) is 5.06 Å². The highest BCUT2D eigenvalue weighted by Crippen LogP contribution is 2.21. The van der Waals surface area contributed by atoms with Crippen molar-refractivity contribution in [3.63, 3.8) is 0 Å². The predicted molar refractivity (Wildman–Crippen MR) is 35.1 cm³/mol. The van der Waals surface area contributed by atoms with Gasteiger partial charge in [-0.25, -0.2) is 0 Å². The van der Waals surface area contributed by atoms with Crippen LogP contribution in [0.15, 0.2) is 24.3 Å². The molecule has 0 spiro atoms. The highest BCUT2D eigenvalue weighted by Gasteiger charge is 2.29. The maximum absolute atomic E-state index is 9.02. The van der Waals surface area contributed by atoms with Crippen molar-refractivity contribution in [2.24, 2.45) is 0 Å². The fourth-order valence-electron chi connectivity index (χ4n) is 0.593. The molecule has 1 aliphatic carbocycles. The van der Waals surface area contributed by atoms with E-state index in [1.807, 2.05) is 0 Å². The fraction of sp³-hybridized carbons (Fsp3) is 0.333. The van der Waals surface area contributed by atoms with Crippen LogP contribution in [0.3, 0.4) is 0 Å². The summed E-state index contributed by atoms with van der Waals surface area (Å²) in [5.41, 5.74) is 0. The Morgan fingerprint density at radius 1 is 1.44 bits per heavy atom. The Balaban J connectivity index is 2.78. The number of hydrogen-bond donors (Lipinski definition) is 2. The highest BCUT2D eigenvalue weighted by molar-refractivity contribution is 6.24. The topological polar surface area (TPSA) is 40.5 Å². The van der Waals surface area contributed by atoms with Crippen LogP contribution < -0.4 is 0 Å². The maximum Gasteiger partial charge on any atom is 0.187 e. The van der Waals surface area contributed by atoms with Gasteiger partial charge in [-0.1, -0.05) is 29.8 Å². The lowest BCUT2D eigenvalue weighted by atomic mass is 10.1. The van der Waals surface area contributed by atoms with Crippen molar-refractivity contribution in [3.05, 3.63) is 24.3 Å². The Labute approximate surface area is 58.1 Å². The van der Waals surface area contributed by atoms with E-state index in [1.165, 1.54) is 12.2 Å². The highest BCUT2D eigenvalue weighted by atomic mass is 35.5. The summed E-state index contributed by atoms with van der Waals surface area (Å²) in [6.45, 7) is 0. The Kier molecular flexibility index (Phi) is 1.62. The Morgan fingerprint density at radius 3 is 2.44 bits per heavy atom. The average molecular weight is 147 g/mol. The van der Waals surface area contributed by atoms with Crippen LogP contribution >= 0.6 is 11.6 Å². The van der Waals surface area contributed by atoms with Gasteiger partial charge in [0.1, 0.15) is 6.10 Å².